The summed E-state index contributed by atoms with van der Waals surface area (Å²) >= 11 is 5.44. The Morgan fingerprint density at radius 2 is 2.16 bits per heavy atom. The third-order valence-electron chi connectivity index (χ3n) is 1.88. The van der Waals surface area contributed by atoms with Crippen molar-refractivity contribution in [3.63, 3.8) is 0 Å². The van der Waals surface area contributed by atoms with Gasteiger partial charge in [0.05, 0.1) is 17.1 Å². The van der Waals surface area contributed by atoms with Crippen molar-refractivity contribution in [3.8, 4) is 11.8 Å². The minimum absolute atomic E-state index is 0.00815. The van der Waals surface area contributed by atoms with E-state index in [4.69, 9.17) is 22.6 Å². The molecule has 19 heavy (non-hydrogen) atoms. The molecule has 1 aromatic rings. The zero-order chi connectivity index (χ0) is 14.5. The van der Waals surface area contributed by atoms with E-state index in [-0.39, 0.29) is 23.0 Å². The van der Waals surface area contributed by atoms with E-state index in [1.54, 1.807) is 6.07 Å². The Balaban J connectivity index is 2.95. The highest BCUT2D eigenvalue weighted by atomic mass is 35.5. The molecule has 0 heterocycles. The fraction of sp³-hybridized carbons (Fsp3) is 0.273. The molecule has 8 heteroatoms. The van der Waals surface area contributed by atoms with Gasteiger partial charge in [-0.2, -0.15) is 18.4 Å². The Kier molecular flexibility index (Phi) is 5.01. The number of nitriles is 1. The highest BCUT2D eigenvalue weighted by molar-refractivity contribution is 6.28. The molecular weight excluding hydrogens is 283 g/mol. The van der Waals surface area contributed by atoms with Crippen molar-refractivity contribution in [2.75, 3.05) is 12.5 Å². The van der Waals surface area contributed by atoms with E-state index in [1.807, 2.05) is 0 Å². The number of benzene rings is 1. The minimum atomic E-state index is -4.47. The summed E-state index contributed by atoms with van der Waals surface area (Å²) in [5, 5.41) is 8.85. The van der Waals surface area contributed by atoms with Gasteiger partial charge >= 0.3 is 6.18 Å². The van der Waals surface area contributed by atoms with Crippen LogP contribution in [0.1, 0.15) is 5.56 Å². The molecule has 4 nitrogen and oxygen atoms in total. The molecule has 0 aliphatic carbocycles. The van der Waals surface area contributed by atoms with Gasteiger partial charge in [0.15, 0.2) is 6.61 Å². The van der Waals surface area contributed by atoms with Crippen LogP contribution in [0.2, 0.25) is 0 Å². The Labute approximate surface area is 112 Å². The van der Waals surface area contributed by atoms with Crippen LogP contribution in [0.5, 0.6) is 5.75 Å². The van der Waals surface area contributed by atoms with Gasteiger partial charge in [0.25, 0.3) is 0 Å². The number of halogens is 4. The second kappa shape index (κ2) is 6.29. The van der Waals surface area contributed by atoms with Gasteiger partial charge in [-0.3, -0.25) is 0 Å². The molecule has 0 spiro atoms. The molecule has 1 rings (SSSR count). The predicted molar refractivity (Wildman–Crippen MR) is 64.7 cm³/mol. The third-order valence-corrected chi connectivity index (χ3v) is 2.16. The molecule has 102 valence electrons. The molecule has 0 atom stereocenters. The standard InChI is InChI=1S/C11H9ClF3N3O/c12-4-10(17)18-8-1-2-9(7(3-8)5-16)19-6-11(13,14)15/h1-3H,4,6H2,(H2,17,18). The summed E-state index contributed by atoms with van der Waals surface area (Å²) in [5.74, 6) is -0.0217. The Hall–Kier alpha value is -1.94. The number of hydrogen-bond acceptors (Lipinski definition) is 3. The number of nitrogens with two attached hydrogens (primary N) is 1. The molecule has 1 aromatic carbocycles. The first-order valence-corrected chi connectivity index (χ1v) is 5.52. The van der Waals surface area contributed by atoms with Gasteiger partial charge in [-0.25, -0.2) is 4.99 Å². The molecule has 0 amide bonds. The minimum Gasteiger partial charge on any atom is -0.483 e. The Morgan fingerprint density at radius 3 is 2.68 bits per heavy atom. The summed E-state index contributed by atoms with van der Waals surface area (Å²) in [7, 11) is 0. The Morgan fingerprint density at radius 1 is 1.47 bits per heavy atom. The SMILES string of the molecule is N#Cc1cc(N=C(N)CCl)ccc1OCC(F)(F)F. The van der Waals surface area contributed by atoms with Crippen LogP contribution in [0.4, 0.5) is 18.9 Å². The normalized spacial score (nSPS) is 12.1. The van der Waals surface area contributed by atoms with Crippen molar-refractivity contribution in [3.05, 3.63) is 23.8 Å². The van der Waals surface area contributed by atoms with Crippen molar-refractivity contribution in [2.45, 2.75) is 6.18 Å². The van der Waals surface area contributed by atoms with Crippen molar-refractivity contribution < 1.29 is 17.9 Å². The predicted octanol–water partition coefficient (Wildman–Crippen LogP) is 2.73. The fourth-order valence-electron chi connectivity index (χ4n) is 1.16. The second-order valence-electron chi connectivity index (χ2n) is 3.43. The maximum atomic E-state index is 12.0. The molecule has 0 saturated heterocycles. The van der Waals surface area contributed by atoms with Crippen LogP contribution in [-0.4, -0.2) is 24.5 Å². The van der Waals surface area contributed by atoms with Gasteiger partial charge in [-0.1, -0.05) is 0 Å². The molecule has 0 unspecified atom stereocenters. The Bertz CT molecular complexity index is 523. The lowest BCUT2D eigenvalue weighted by Crippen LogP contribution is -2.19. The van der Waals surface area contributed by atoms with Crippen LogP contribution >= 0.6 is 11.6 Å². The number of alkyl halides is 4. The zero-order valence-electron chi connectivity index (χ0n) is 9.54. The van der Waals surface area contributed by atoms with Gasteiger partial charge in [0.2, 0.25) is 0 Å². The largest absolute Gasteiger partial charge is 0.483 e. The smallest absolute Gasteiger partial charge is 0.422 e. The van der Waals surface area contributed by atoms with Crippen molar-refractivity contribution in [1.82, 2.24) is 0 Å². The van der Waals surface area contributed by atoms with E-state index < -0.39 is 12.8 Å². The third kappa shape index (κ3) is 5.06. The average Bonchev–Trinajstić information content (AvgIpc) is 2.35. The fourth-order valence-corrected chi connectivity index (χ4v) is 1.22. The van der Waals surface area contributed by atoms with Crippen molar-refractivity contribution in [1.29, 1.82) is 5.26 Å². The van der Waals surface area contributed by atoms with Crippen LogP contribution in [0.15, 0.2) is 23.2 Å². The second-order valence-corrected chi connectivity index (χ2v) is 3.70. The number of aliphatic imine (C=N–C) groups is 1. The van der Waals surface area contributed by atoms with Crippen LogP contribution in [-0.2, 0) is 0 Å². The van der Waals surface area contributed by atoms with Crippen LogP contribution in [0.3, 0.4) is 0 Å². The van der Waals surface area contributed by atoms with E-state index in [0.717, 1.165) is 0 Å². The van der Waals surface area contributed by atoms with Gasteiger partial charge in [-0.05, 0) is 18.2 Å². The number of hydrogen-bond donors (Lipinski definition) is 1. The topological polar surface area (TPSA) is 71.4 Å². The highest BCUT2D eigenvalue weighted by Gasteiger charge is 2.28. The van der Waals surface area contributed by atoms with E-state index in [1.165, 1.54) is 18.2 Å². The molecule has 0 aromatic heterocycles. The molecule has 0 aliphatic heterocycles. The first-order valence-electron chi connectivity index (χ1n) is 4.98. The van der Waals surface area contributed by atoms with Crippen LogP contribution < -0.4 is 10.5 Å². The van der Waals surface area contributed by atoms with Gasteiger partial charge in [-0.15, -0.1) is 11.6 Å². The first kappa shape index (κ1) is 15.1. The zero-order valence-corrected chi connectivity index (χ0v) is 10.3. The summed E-state index contributed by atoms with van der Waals surface area (Å²) in [6.07, 6.45) is -4.47. The van der Waals surface area contributed by atoms with Crippen LogP contribution in [0, 0.1) is 11.3 Å². The summed E-state index contributed by atoms with van der Waals surface area (Å²) in [5.41, 5.74) is 5.66. The maximum absolute atomic E-state index is 12.0. The molecule has 2 N–H and O–H groups in total. The lowest BCUT2D eigenvalue weighted by molar-refractivity contribution is -0.153. The van der Waals surface area contributed by atoms with Crippen molar-refractivity contribution >= 4 is 23.1 Å². The number of rotatable bonds is 4. The maximum Gasteiger partial charge on any atom is 0.422 e. The summed E-state index contributed by atoms with van der Waals surface area (Å²) in [6.45, 7) is -1.46. The van der Waals surface area contributed by atoms with Gasteiger partial charge in [0.1, 0.15) is 17.7 Å². The van der Waals surface area contributed by atoms with Crippen molar-refractivity contribution in [2.24, 2.45) is 10.7 Å². The number of nitrogens with zero attached hydrogens (tertiary/aromatic N) is 2. The quantitative estimate of drug-likeness (QED) is 0.527. The summed E-state index contributed by atoms with van der Waals surface area (Å²) in [4.78, 5) is 3.87. The molecule has 0 radical (unpaired) electrons. The number of ether oxygens (including phenoxy) is 1. The van der Waals surface area contributed by atoms with E-state index in [2.05, 4.69) is 9.73 Å². The molecular formula is C11H9ClF3N3O. The number of amidine groups is 1. The highest BCUT2D eigenvalue weighted by Crippen LogP contribution is 2.26. The van der Waals surface area contributed by atoms with Gasteiger partial charge < -0.3 is 10.5 Å². The summed E-state index contributed by atoms with van der Waals surface area (Å²) in [6, 6.07) is 5.60. The summed E-state index contributed by atoms with van der Waals surface area (Å²) < 4.78 is 40.6. The van der Waals surface area contributed by atoms with E-state index in [0.29, 0.717) is 5.69 Å². The lowest BCUT2D eigenvalue weighted by Gasteiger charge is -2.10. The lowest BCUT2D eigenvalue weighted by atomic mass is 10.2. The van der Waals surface area contributed by atoms with Crippen LogP contribution in [0.25, 0.3) is 0 Å². The van der Waals surface area contributed by atoms with E-state index in [9.17, 15) is 13.2 Å². The first-order chi connectivity index (χ1) is 8.85. The average molecular weight is 292 g/mol. The molecule has 0 bridgehead atoms. The monoisotopic (exact) mass is 291 g/mol. The molecule has 0 saturated carbocycles. The van der Waals surface area contributed by atoms with E-state index >= 15 is 0 Å². The van der Waals surface area contributed by atoms with Gasteiger partial charge in [0, 0.05) is 0 Å². The molecule has 0 fully saturated rings. The molecule has 0 aliphatic rings.